The van der Waals surface area contributed by atoms with Crippen LogP contribution in [0, 0.1) is 5.92 Å². The number of hydrogen-bond acceptors (Lipinski definition) is 2. The molecule has 1 saturated heterocycles. The molecule has 0 bridgehead atoms. The molecule has 1 N–H and O–H groups in total. The summed E-state index contributed by atoms with van der Waals surface area (Å²) in [6.45, 7) is 3.26. The van der Waals surface area contributed by atoms with Gasteiger partial charge in [-0.3, -0.25) is 0 Å². The SMILES string of the molecule is CC1CCc2nc(CC3CCCO3)[nH]c2C1. The maximum absolute atomic E-state index is 5.65. The maximum Gasteiger partial charge on any atom is 0.109 e. The fourth-order valence-corrected chi connectivity index (χ4v) is 2.83. The molecule has 2 atom stereocenters. The van der Waals surface area contributed by atoms with Gasteiger partial charge in [-0.05, 0) is 38.0 Å². The topological polar surface area (TPSA) is 37.9 Å². The quantitative estimate of drug-likeness (QED) is 0.830. The van der Waals surface area contributed by atoms with E-state index in [0.29, 0.717) is 6.10 Å². The molecule has 1 fully saturated rings. The highest BCUT2D eigenvalue weighted by molar-refractivity contribution is 5.18. The lowest BCUT2D eigenvalue weighted by atomic mass is 9.92. The zero-order valence-electron chi connectivity index (χ0n) is 9.96. The highest BCUT2D eigenvalue weighted by Gasteiger charge is 2.22. The summed E-state index contributed by atoms with van der Waals surface area (Å²) < 4.78 is 5.65. The Morgan fingerprint density at radius 3 is 3.19 bits per heavy atom. The number of nitrogens with zero attached hydrogens (tertiary/aromatic N) is 1. The van der Waals surface area contributed by atoms with Gasteiger partial charge >= 0.3 is 0 Å². The summed E-state index contributed by atoms with van der Waals surface area (Å²) in [4.78, 5) is 8.21. The van der Waals surface area contributed by atoms with Crippen LogP contribution in [0.25, 0.3) is 0 Å². The summed E-state index contributed by atoms with van der Waals surface area (Å²) in [6.07, 6.45) is 7.40. The van der Waals surface area contributed by atoms with Crippen LogP contribution in [0.1, 0.15) is 43.4 Å². The van der Waals surface area contributed by atoms with Crippen LogP contribution < -0.4 is 0 Å². The van der Waals surface area contributed by atoms with E-state index in [4.69, 9.17) is 9.72 Å². The summed E-state index contributed by atoms with van der Waals surface area (Å²) in [7, 11) is 0. The van der Waals surface area contributed by atoms with Crippen molar-refractivity contribution in [1.82, 2.24) is 9.97 Å². The Labute approximate surface area is 96.6 Å². The number of nitrogens with one attached hydrogen (secondary N) is 1. The summed E-state index contributed by atoms with van der Waals surface area (Å²) >= 11 is 0. The molecule has 0 aromatic carbocycles. The van der Waals surface area contributed by atoms with E-state index in [0.717, 1.165) is 31.2 Å². The molecule has 1 aliphatic heterocycles. The Kier molecular flexibility index (Phi) is 2.72. The van der Waals surface area contributed by atoms with E-state index in [1.54, 1.807) is 0 Å². The third-order valence-electron chi connectivity index (χ3n) is 3.78. The number of imidazole rings is 1. The number of ether oxygens (including phenoxy) is 1. The van der Waals surface area contributed by atoms with E-state index < -0.39 is 0 Å². The second-order valence-corrected chi connectivity index (χ2v) is 5.30. The normalized spacial score (nSPS) is 29.3. The average molecular weight is 220 g/mol. The Morgan fingerprint density at radius 2 is 2.38 bits per heavy atom. The fraction of sp³-hybridized carbons (Fsp3) is 0.769. The fourth-order valence-electron chi connectivity index (χ4n) is 2.83. The summed E-state index contributed by atoms with van der Waals surface area (Å²) in [5, 5.41) is 0. The van der Waals surface area contributed by atoms with Gasteiger partial charge in [0.1, 0.15) is 5.82 Å². The molecule has 0 amide bonds. The van der Waals surface area contributed by atoms with Gasteiger partial charge < -0.3 is 9.72 Å². The zero-order chi connectivity index (χ0) is 11.0. The summed E-state index contributed by atoms with van der Waals surface area (Å²) in [6, 6.07) is 0. The van der Waals surface area contributed by atoms with Crippen LogP contribution in [0.5, 0.6) is 0 Å². The van der Waals surface area contributed by atoms with Crippen molar-refractivity contribution in [3.63, 3.8) is 0 Å². The number of rotatable bonds is 2. The molecule has 1 aliphatic carbocycles. The highest BCUT2D eigenvalue weighted by atomic mass is 16.5. The molecule has 0 spiro atoms. The number of aromatic nitrogens is 2. The third kappa shape index (κ3) is 2.01. The van der Waals surface area contributed by atoms with Gasteiger partial charge in [0.05, 0.1) is 11.8 Å². The minimum atomic E-state index is 0.407. The van der Waals surface area contributed by atoms with Gasteiger partial charge in [-0.1, -0.05) is 6.92 Å². The Hall–Kier alpha value is -0.830. The molecule has 0 radical (unpaired) electrons. The Morgan fingerprint density at radius 1 is 1.44 bits per heavy atom. The van der Waals surface area contributed by atoms with E-state index in [-0.39, 0.29) is 0 Å². The van der Waals surface area contributed by atoms with E-state index in [2.05, 4.69) is 11.9 Å². The van der Waals surface area contributed by atoms with Crippen molar-refractivity contribution in [2.75, 3.05) is 6.61 Å². The maximum atomic E-state index is 5.65. The Balaban J connectivity index is 1.71. The van der Waals surface area contributed by atoms with Crippen LogP contribution in [0.4, 0.5) is 0 Å². The second kappa shape index (κ2) is 4.21. The first-order chi connectivity index (χ1) is 7.81. The molecule has 0 saturated carbocycles. The van der Waals surface area contributed by atoms with Crippen LogP contribution in [0.2, 0.25) is 0 Å². The number of aromatic amines is 1. The van der Waals surface area contributed by atoms with Crippen molar-refractivity contribution in [3.05, 3.63) is 17.2 Å². The Bertz CT molecular complexity index is 366. The van der Waals surface area contributed by atoms with Crippen molar-refractivity contribution in [2.24, 2.45) is 5.92 Å². The number of hydrogen-bond donors (Lipinski definition) is 1. The van der Waals surface area contributed by atoms with Crippen molar-refractivity contribution < 1.29 is 4.74 Å². The van der Waals surface area contributed by atoms with Crippen LogP contribution in [0.3, 0.4) is 0 Å². The van der Waals surface area contributed by atoms with E-state index in [9.17, 15) is 0 Å². The minimum Gasteiger partial charge on any atom is -0.378 e. The predicted molar refractivity (Wildman–Crippen MR) is 62.5 cm³/mol. The van der Waals surface area contributed by atoms with Gasteiger partial charge in [0.15, 0.2) is 0 Å². The van der Waals surface area contributed by atoms with Crippen LogP contribution >= 0.6 is 0 Å². The number of aryl methyl sites for hydroxylation is 1. The minimum absolute atomic E-state index is 0.407. The van der Waals surface area contributed by atoms with Gasteiger partial charge in [0.25, 0.3) is 0 Å². The highest BCUT2D eigenvalue weighted by Crippen LogP contribution is 2.24. The van der Waals surface area contributed by atoms with Gasteiger partial charge in [-0.2, -0.15) is 0 Å². The van der Waals surface area contributed by atoms with Crippen LogP contribution in [-0.4, -0.2) is 22.7 Å². The van der Waals surface area contributed by atoms with E-state index in [1.165, 1.54) is 37.1 Å². The molecule has 16 heavy (non-hydrogen) atoms. The second-order valence-electron chi connectivity index (χ2n) is 5.30. The van der Waals surface area contributed by atoms with E-state index >= 15 is 0 Å². The zero-order valence-corrected chi connectivity index (χ0v) is 9.96. The molecule has 3 heteroatoms. The lowest BCUT2D eigenvalue weighted by Crippen LogP contribution is -2.10. The predicted octanol–water partition coefficient (Wildman–Crippen LogP) is 2.26. The summed E-state index contributed by atoms with van der Waals surface area (Å²) in [5.74, 6) is 1.95. The smallest absolute Gasteiger partial charge is 0.109 e. The summed E-state index contributed by atoms with van der Waals surface area (Å²) in [5.41, 5.74) is 2.69. The lowest BCUT2D eigenvalue weighted by Gasteiger charge is -2.15. The molecule has 88 valence electrons. The monoisotopic (exact) mass is 220 g/mol. The average Bonchev–Trinajstić information content (AvgIpc) is 2.86. The molecule has 2 unspecified atom stereocenters. The molecule has 2 heterocycles. The molecule has 3 rings (SSSR count). The van der Waals surface area contributed by atoms with Crippen molar-refractivity contribution in [1.29, 1.82) is 0 Å². The number of fused-ring (bicyclic) bond motifs is 1. The van der Waals surface area contributed by atoms with Crippen LogP contribution in [-0.2, 0) is 24.0 Å². The first-order valence-electron chi connectivity index (χ1n) is 6.49. The lowest BCUT2D eigenvalue weighted by molar-refractivity contribution is 0.110. The van der Waals surface area contributed by atoms with Crippen molar-refractivity contribution in [2.45, 2.75) is 51.6 Å². The third-order valence-corrected chi connectivity index (χ3v) is 3.78. The first-order valence-corrected chi connectivity index (χ1v) is 6.49. The largest absolute Gasteiger partial charge is 0.378 e. The number of H-pyrrole nitrogens is 1. The molecule has 1 aromatic rings. The van der Waals surface area contributed by atoms with Crippen LogP contribution in [0.15, 0.2) is 0 Å². The first kappa shape index (κ1) is 10.3. The van der Waals surface area contributed by atoms with Gasteiger partial charge in [0, 0.05) is 18.7 Å². The molecule has 2 aliphatic rings. The molecular weight excluding hydrogens is 200 g/mol. The molecule has 1 aromatic heterocycles. The van der Waals surface area contributed by atoms with E-state index in [1.807, 2.05) is 0 Å². The molecule has 3 nitrogen and oxygen atoms in total. The standard InChI is InChI=1S/C13H20N2O/c1-9-4-5-11-12(7-9)15-13(14-11)8-10-3-2-6-16-10/h9-10H,2-8H2,1H3,(H,14,15). The van der Waals surface area contributed by atoms with Crippen molar-refractivity contribution >= 4 is 0 Å². The van der Waals surface area contributed by atoms with Gasteiger partial charge in [-0.15, -0.1) is 0 Å². The molecular formula is C13H20N2O. The van der Waals surface area contributed by atoms with Gasteiger partial charge in [-0.25, -0.2) is 4.98 Å². The van der Waals surface area contributed by atoms with Gasteiger partial charge in [0.2, 0.25) is 0 Å². The van der Waals surface area contributed by atoms with Crippen molar-refractivity contribution in [3.8, 4) is 0 Å².